The largest absolute Gasteiger partial charge is 0.490 e. The first kappa shape index (κ1) is 20.5. The quantitative estimate of drug-likeness (QED) is 0.755. The van der Waals surface area contributed by atoms with Crippen molar-refractivity contribution >= 4 is 5.69 Å². The predicted molar refractivity (Wildman–Crippen MR) is 116 cm³/mol. The van der Waals surface area contributed by atoms with Crippen LogP contribution in [0.4, 0.5) is 5.69 Å². The highest BCUT2D eigenvalue weighted by Gasteiger charge is 2.25. The van der Waals surface area contributed by atoms with Gasteiger partial charge in [-0.1, -0.05) is 18.2 Å². The van der Waals surface area contributed by atoms with Crippen LogP contribution in [-0.4, -0.2) is 58.4 Å². The van der Waals surface area contributed by atoms with E-state index in [-0.39, 0.29) is 6.04 Å². The Morgan fingerprint density at radius 3 is 2.11 bits per heavy atom. The molecule has 1 aliphatic rings. The minimum atomic E-state index is 0.202. The van der Waals surface area contributed by atoms with E-state index >= 15 is 0 Å². The fraction of sp³-hybridized carbons (Fsp3) is 0.478. The Morgan fingerprint density at radius 1 is 0.893 bits per heavy atom. The van der Waals surface area contributed by atoms with Crippen molar-refractivity contribution in [3.8, 4) is 11.5 Å². The van der Waals surface area contributed by atoms with Crippen molar-refractivity contribution < 1.29 is 9.47 Å². The molecule has 3 rings (SSSR count). The van der Waals surface area contributed by atoms with E-state index in [2.05, 4.69) is 65.6 Å². The summed E-state index contributed by atoms with van der Waals surface area (Å²) in [6, 6.07) is 15.5. The molecule has 1 aliphatic heterocycles. The number of anilines is 1. The van der Waals surface area contributed by atoms with E-state index in [0.29, 0.717) is 13.2 Å². The Kier molecular flexibility index (Phi) is 7.18. The fourth-order valence-electron chi connectivity index (χ4n) is 3.75. The van der Waals surface area contributed by atoms with Gasteiger partial charge in [0.05, 0.1) is 19.3 Å². The topological polar surface area (TPSA) is 37.0 Å². The molecular formula is C23H33N3O2. The van der Waals surface area contributed by atoms with Gasteiger partial charge in [-0.15, -0.1) is 0 Å². The average molecular weight is 384 g/mol. The predicted octanol–water partition coefficient (Wildman–Crippen LogP) is 3.54. The smallest absolute Gasteiger partial charge is 0.161 e. The Labute approximate surface area is 169 Å². The number of nitrogens with zero attached hydrogens (tertiary/aromatic N) is 2. The molecule has 0 aliphatic carbocycles. The summed E-state index contributed by atoms with van der Waals surface area (Å²) in [6.07, 6.45) is 0. The lowest BCUT2D eigenvalue weighted by Crippen LogP contribution is -2.45. The number of benzene rings is 2. The molecular weight excluding hydrogens is 350 g/mol. The van der Waals surface area contributed by atoms with E-state index in [0.717, 1.165) is 37.7 Å². The Hall–Kier alpha value is -2.24. The molecule has 0 amide bonds. The summed E-state index contributed by atoms with van der Waals surface area (Å²) >= 11 is 0. The van der Waals surface area contributed by atoms with Gasteiger partial charge in [-0.2, -0.15) is 0 Å². The van der Waals surface area contributed by atoms with Gasteiger partial charge in [-0.3, -0.25) is 4.90 Å². The van der Waals surface area contributed by atoms with Gasteiger partial charge in [0.25, 0.3) is 0 Å². The number of hydrogen-bond acceptors (Lipinski definition) is 5. The molecule has 1 N–H and O–H groups in total. The molecule has 2 aromatic carbocycles. The van der Waals surface area contributed by atoms with E-state index in [1.807, 2.05) is 19.9 Å². The van der Waals surface area contributed by atoms with Crippen molar-refractivity contribution in [3.05, 3.63) is 53.6 Å². The summed E-state index contributed by atoms with van der Waals surface area (Å²) in [5, 5.41) is 3.46. The summed E-state index contributed by atoms with van der Waals surface area (Å²) < 4.78 is 11.7. The zero-order valence-electron chi connectivity index (χ0n) is 17.6. The minimum absolute atomic E-state index is 0.202. The number of piperazine rings is 1. The Morgan fingerprint density at radius 2 is 1.50 bits per heavy atom. The van der Waals surface area contributed by atoms with Crippen LogP contribution in [0.3, 0.4) is 0 Å². The second-order valence-corrected chi connectivity index (χ2v) is 7.25. The lowest BCUT2D eigenvalue weighted by Gasteiger charge is -2.36. The van der Waals surface area contributed by atoms with E-state index in [1.165, 1.54) is 16.8 Å². The number of hydrogen-bond donors (Lipinski definition) is 1. The molecule has 28 heavy (non-hydrogen) atoms. The van der Waals surface area contributed by atoms with Gasteiger partial charge in [0.1, 0.15) is 0 Å². The molecule has 2 aromatic rings. The van der Waals surface area contributed by atoms with E-state index in [4.69, 9.17) is 9.47 Å². The lowest BCUT2D eigenvalue weighted by atomic mass is 9.95. The third-order valence-electron chi connectivity index (χ3n) is 5.13. The molecule has 1 heterocycles. The van der Waals surface area contributed by atoms with Crippen LogP contribution >= 0.6 is 0 Å². The summed E-state index contributed by atoms with van der Waals surface area (Å²) in [4.78, 5) is 4.68. The van der Waals surface area contributed by atoms with Crippen LogP contribution in [0.15, 0.2) is 42.5 Å². The number of rotatable bonds is 8. The van der Waals surface area contributed by atoms with Crippen LogP contribution in [0.5, 0.6) is 11.5 Å². The maximum absolute atomic E-state index is 5.89. The second kappa shape index (κ2) is 9.80. The zero-order valence-corrected chi connectivity index (χ0v) is 17.6. The van der Waals surface area contributed by atoms with Gasteiger partial charge in [-0.05, 0) is 49.2 Å². The normalized spacial score (nSPS) is 15.9. The van der Waals surface area contributed by atoms with Crippen molar-refractivity contribution in [1.82, 2.24) is 10.2 Å². The van der Waals surface area contributed by atoms with Crippen molar-refractivity contribution in [2.45, 2.75) is 19.9 Å². The van der Waals surface area contributed by atoms with Gasteiger partial charge >= 0.3 is 0 Å². The van der Waals surface area contributed by atoms with Gasteiger partial charge in [-0.25, -0.2) is 0 Å². The molecule has 1 unspecified atom stereocenters. The molecule has 152 valence electrons. The van der Waals surface area contributed by atoms with Crippen LogP contribution in [-0.2, 0) is 0 Å². The lowest BCUT2D eigenvalue weighted by molar-refractivity contribution is 0.198. The third-order valence-corrected chi connectivity index (χ3v) is 5.13. The number of ether oxygens (including phenoxy) is 2. The maximum Gasteiger partial charge on any atom is 0.161 e. The highest BCUT2D eigenvalue weighted by Crippen LogP contribution is 2.36. The van der Waals surface area contributed by atoms with E-state index < -0.39 is 0 Å². The first-order valence-electron chi connectivity index (χ1n) is 10.3. The second-order valence-electron chi connectivity index (χ2n) is 7.25. The van der Waals surface area contributed by atoms with Crippen molar-refractivity contribution in [2.24, 2.45) is 0 Å². The molecule has 0 aromatic heterocycles. The zero-order chi connectivity index (χ0) is 19.9. The molecule has 1 saturated heterocycles. The molecule has 0 radical (unpaired) electrons. The third kappa shape index (κ3) is 4.78. The van der Waals surface area contributed by atoms with Crippen LogP contribution in [0.2, 0.25) is 0 Å². The van der Waals surface area contributed by atoms with Crippen LogP contribution in [0.1, 0.15) is 31.0 Å². The standard InChI is InChI=1S/C23H33N3O2/c1-5-27-21-12-9-19(17-22(21)28-6-2)23(26-15-13-24-14-16-26)18-7-10-20(11-8-18)25(3)4/h7-12,17,23-24H,5-6,13-16H2,1-4H3. The minimum Gasteiger partial charge on any atom is -0.490 e. The maximum atomic E-state index is 5.89. The van der Waals surface area contributed by atoms with Gasteiger partial charge in [0, 0.05) is 46.0 Å². The van der Waals surface area contributed by atoms with Gasteiger partial charge in [0.15, 0.2) is 11.5 Å². The van der Waals surface area contributed by atoms with Crippen LogP contribution < -0.4 is 19.7 Å². The van der Waals surface area contributed by atoms with Crippen LogP contribution in [0, 0.1) is 0 Å². The Bertz CT molecular complexity index is 740. The molecule has 5 heteroatoms. The average Bonchev–Trinajstić information content (AvgIpc) is 2.71. The first-order chi connectivity index (χ1) is 13.6. The first-order valence-corrected chi connectivity index (χ1v) is 10.3. The Balaban J connectivity index is 1.99. The fourth-order valence-corrected chi connectivity index (χ4v) is 3.75. The van der Waals surface area contributed by atoms with Gasteiger partial charge in [0.2, 0.25) is 0 Å². The highest BCUT2D eigenvalue weighted by molar-refractivity contribution is 5.50. The monoisotopic (exact) mass is 383 g/mol. The van der Waals surface area contributed by atoms with Crippen molar-refractivity contribution in [1.29, 1.82) is 0 Å². The summed E-state index contributed by atoms with van der Waals surface area (Å²) in [5.41, 5.74) is 3.76. The molecule has 0 bridgehead atoms. The molecule has 0 spiro atoms. The van der Waals surface area contributed by atoms with E-state index in [1.54, 1.807) is 0 Å². The van der Waals surface area contributed by atoms with Crippen LogP contribution in [0.25, 0.3) is 0 Å². The van der Waals surface area contributed by atoms with Crippen molar-refractivity contribution in [3.63, 3.8) is 0 Å². The number of nitrogens with one attached hydrogen (secondary N) is 1. The van der Waals surface area contributed by atoms with E-state index in [9.17, 15) is 0 Å². The van der Waals surface area contributed by atoms with Gasteiger partial charge < -0.3 is 19.7 Å². The molecule has 1 atom stereocenters. The SMILES string of the molecule is CCOc1ccc(C(c2ccc(N(C)C)cc2)N2CCNCC2)cc1OCC. The molecule has 0 saturated carbocycles. The summed E-state index contributed by atoms with van der Waals surface area (Å²) in [5.74, 6) is 1.64. The summed E-state index contributed by atoms with van der Waals surface area (Å²) in [7, 11) is 4.15. The molecule has 5 nitrogen and oxygen atoms in total. The van der Waals surface area contributed by atoms with Crippen molar-refractivity contribution in [2.75, 3.05) is 58.4 Å². The molecule has 1 fully saturated rings. The summed E-state index contributed by atoms with van der Waals surface area (Å²) in [6.45, 7) is 9.35. The highest BCUT2D eigenvalue weighted by atomic mass is 16.5.